The summed E-state index contributed by atoms with van der Waals surface area (Å²) < 4.78 is 13.8. The third-order valence-corrected chi connectivity index (χ3v) is 6.66. The van der Waals surface area contributed by atoms with E-state index in [9.17, 15) is 14.4 Å². The minimum absolute atomic E-state index is 0.0844. The molecule has 0 aliphatic carbocycles. The minimum atomic E-state index is -0.590. The first-order valence-electron chi connectivity index (χ1n) is 12.7. The van der Waals surface area contributed by atoms with Gasteiger partial charge in [0.2, 0.25) is 5.91 Å². The first-order chi connectivity index (χ1) is 18.7. The van der Waals surface area contributed by atoms with Crippen molar-refractivity contribution in [3.8, 4) is 5.75 Å². The Labute approximate surface area is 231 Å². The van der Waals surface area contributed by atoms with E-state index in [4.69, 9.17) is 21.1 Å². The number of carbonyl (C=O) groups excluding carboxylic acids is 3. The predicted molar refractivity (Wildman–Crippen MR) is 144 cm³/mol. The highest BCUT2D eigenvalue weighted by Gasteiger charge is 2.29. The van der Waals surface area contributed by atoms with Crippen molar-refractivity contribution in [2.45, 2.75) is 40.5 Å². The molecule has 1 aliphatic heterocycles. The first-order valence-corrected chi connectivity index (χ1v) is 13.0. The lowest BCUT2D eigenvalue weighted by atomic mass is 10.2. The second kappa shape index (κ2) is 12.2. The number of aryl methyl sites for hydroxylation is 2. The molecule has 3 amide bonds. The van der Waals surface area contributed by atoms with Gasteiger partial charge < -0.3 is 24.6 Å². The van der Waals surface area contributed by atoms with Gasteiger partial charge >= 0.3 is 6.09 Å². The number of halogens is 1. The molecule has 3 aromatic rings. The van der Waals surface area contributed by atoms with E-state index in [1.54, 1.807) is 55.1 Å². The smallest absolute Gasteiger partial charge is 0.409 e. The zero-order chi connectivity index (χ0) is 28.1. The Bertz CT molecular complexity index is 1350. The highest BCUT2D eigenvalue weighted by Crippen LogP contribution is 2.25. The molecular weight excluding hydrogens is 526 g/mol. The number of carbonyl (C=O) groups is 3. The van der Waals surface area contributed by atoms with Crippen LogP contribution in [0.1, 0.15) is 41.6 Å². The number of piperazine rings is 1. The molecule has 12 nitrogen and oxygen atoms in total. The SMILES string of the molecule is CCOC(=O)N1CCN(C(=O)C(C)n2cc(NC(=O)c3ccn(COc4cc(C)ccc4Cl)n3)c(C)n2)CC1. The van der Waals surface area contributed by atoms with Crippen molar-refractivity contribution in [1.29, 1.82) is 0 Å². The van der Waals surface area contributed by atoms with Gasteiger partial charge in [-0.15, -0.1) is 0 Å². The number of nitrogens with zero attached hydrogens (tertiary/aromatic N) is 6. The molecule has 1 aromatic carbocycles. The third kappa shape index (κ3) is 6.69. The van der Waals surface area contributed by atoms with Crippen molar-refractivity contribution < 1.29 is 23.9 Å². The Morgan fingerprint density at radius 3 is 2.51 bits per heavy atom. The average molecular weight is 558 g/mol. The van der Waals surface area contributed by atoms with Gasteiger partial charge in [0, 0.05) is 38.6 Å². The summed E-state index contributed by atoms with van der Waals surface area (Å²) in [5, 5.41) is 12.0. The molecule has 4 rings (SSSR count). The number of hydrogen-bond donors (Lipinski definition) is 1. The number of rotatable bonds is 8. The van der Waals surface area contributed by atoms with E-state index < -0.39 is 11.9 Å². The van der Waals surface area contributed by atoms with Crippen molar-refractivity contribution >= 4 is 35.2 Å². The maximum Gasteiger partial charge on any atom is 0.409 e. The largest absolute Gasteiger partial charge is 0.470 e. The van der Waals surface area contributed by atoms with Crippen LogP contribution in [-0.4, -0.2) is 80.1 Å². The van der Waals surface area contributed by atoms with Gasteiger partial charge in [-0.3, -0.25) is 14.3 Å². The second-order valence-corrected chi connectivity index (χ2v) is 9.60. The number of anilines is 1. The summed E-state index contributed by atoms with van der Waals surface area (Å²) in [4.78, 5) is 41.1. The zero-order valence-corrected chi connectivity index (χ0v) is 23.1. The van der Waals surface area contributed by atoms with Gasteiger partial charge in [0.25, 0.3) is 5.91 Å². The zero-order valence-electron chi connectivity index (χ0n) is 22.4. The van der Waals surface area contributed by atoms with E-state index in [0.717, 1.165) is 5.56 Å². The van der Waals surface area contributed by atoms with Crippen LogP contribution in [0.4, 0.5) is 10.5 Å². The van der Waals surface area contributed by atoms with Crippen molar-refractivity contribution in [2.75, 3.05) is 38.1 Å². The molecular formula is C26H32ClN7O5. The Morgan fingerprint density at radius 2 is 1.79 bits per heavy atom. The van der Waals surface area contributed by atoms with Gasteiger partial charge in [-0.05, 0) is 51.5 Å². The van der Waals surface area contributed by atoms with Gasteiger partial charge in [-0.1, -0.05) is 17.7 Å². The second-order valence-electron chi connectivity index (χ2n) is 9.20. The number of aromatic nitrogens is 4. The molecule has 39 heavy (non-hydrogen) atoms. The standard InChI is InChI=1S/C26H32ClN7O5/c1-5-38-26(37)32-12-10-31(11-13-32)25(36)19(4)34-15-22(18(3)29-34)28-24(35)21-8-9-33(30-21)16-39-23-14-17(2)6-7-20(23)27/h6-9,14-15,19H,5,10-13,16H2,1-4H3,(H,28,35). The van der Waals surface area contributed by atoms with Crippen LogP contribution >= 0.6 is 11.6 Å². The van der Waals surface area contributed by atoms with Crippen molar-refractivity contribution in [3.63, 3.8) is 0 Å². The van der Waals surface area contributed by atoms with Crippen LogP contribution in [0.2, 0.25) is 5.02 Å². The summed E-state index contributed by atoms with van der Waals surface area (Å²) in [5.74, 6) is -0.00357. The van der Waals surface area contributed by atoms with E-state index in [-0.39, 0.29) is 24.4 Å². The summed E-state index contributed by atoms with van der Waals surface area (Å²) in [6, 6.07) is 6.47. The van der Waals surface area contributed by atoms with Crippen LogP contribution < -0.4 is 10.1 Å². The first kappa shape index (κ1) is 28.0. The lowest BCUT2D eigenvalue weighted by molar-refractivity contribution is -0.136. The summed E-state index contributed by atoms with van der Waals surface area (Å²) in [7, 11) is 0. The molecule has 0 radical (unpaired) electrons. The van der Waals surface area contributed by atoms with Crippen LogP contribution in [0.25, 0.3) is 0 Å². The maximum absolute atomic E-state index is 13.1. The fourth-order valence-corrected chi connectivity index (χ4v) is 4.27. The van der Waals surface area contributed by atoms with E-state index in [2.05, 4.69) is 15.5 Å². The molecule has 0 bridgehead atoms. The number of nitrogens with one attached hydrogen (secondary N) is 1. The van der Waals surface area contributed by atoms with Crippen LogP contribution in [0, 0.1) is 13.8 Å². The number of amides is 3. The van der Waals surface area contributed by atoms with E-state index in [1.807, 2.05) is 19.1 Å². The monoisotopic (exact) mass is 557 g/mol. The molecule has 208 valence electrons. The number of benzene rings is 1. The Balaban J connectivity index is 1.33. The van der Waals surface area contributed by atoms with Crippen LogP contribution in [0.3, 0.4) is 0 Å². The van der Waals surface area contributed by atoms with E-state index in [0.29, 0.717) is 54.9 Å². The van der Waals surface area contributed by atoms with E-state index >= 15 is 0 Å². The summed E-state index contributed by atoms with van der Waals surface area (Å²) in [6.45, 7) is 9.23. The third-order valence-electron chi connectivity index (χ3n) is 6.35. The maximum atomic E-state index is 13.1. The highest BCUT2D eigenvalue weighted by molar-refractivity contribution is 6.32. The van der Waals surface area contributed by atoms with Crippen molar-refractivity contribution in [1.82, 2.24) is 29.4 Å². The molecule has 1 N–H and O–H groups in total. The molecule has 1 atom stereocenters. The normalized spacial score (nSPS) is 14.2. The summed E-state index contributed by atoms with van der Waals surface area (Å²) in [5.41, 5.74) is 2.25. The lowest BCUT2D eigenvalue weighted by Crippen LogP contribution is -2.52. The molecule has 0 spiro atoms. The molecule has 1 fully saturated rings. The quantitative estimate of drug-likeness (QED) is 0.449. The molecule has 3 heterocycles. The molecule has 1 unspecified atom stereocenters. The Morgan fingerprint density at radius 1 is 1.08 bits per heavy atom. The van der Waals surface area contributed by atoms with Gasteiger partial charge in [-0.25, -0.2) is 9.48 Å². The van der Waals surface area contributed by atoms with Crippen molar-refractivity contribution in [2.24, 2.45) is 0 Å². The fourth-order valence-electron chi connectivity index (χ4n) is 4.10. The highest BCUT2D eigenvalue weighted by atomic mass is 35.5. The molecule has 0 saturated carbocycles. The minimum Gasteiger partial charge on any atom is -0.470 e. The lowest BCUT2D eigenvalue weighted by Gasteiger charge is -2.35. The van der Waals surface area contributed by atoms with Gasteiger partial charge in [0.05, 0.1) is 23.0 Å². The van der Waals surface area contributed by atoms with Crippen LogP contribution in [0.5, 0.6) is 5.75 Å². The fraction of sp³-hybridized carbons (Fsp3) is 0.423. The molecule has 2 aromatic heterocycles. The molecule has 1 aliphatic rings. The Hall–Kier alpha value is -4.06. The molecule has 1 saturated heterocycles. The topological polar surface area (TPSA) is 124 Å². The van der Waals surface area contributed by atoms with Gasteiger partial charge in [0.1, 0.15) is 11.8 Å². The Kier molecular flexibility index (Phi) is 8.75. The molecule has 13 heteroatoms. The van der Waals surface area contributed by atoms with Gasteiger partial charge in [-0.2, -0.15) is 10.2 Å². The van der Waals surface area contributed by atoms with E-state index in [1.165, 1.54) is 9.36 Å². The summed E-state index contributed by atoms with van der Waals surface area (Å²) in [6.07, 6.45) is 2.90. The number of hydrogen-bond acceptors (Lipinski definition) is 7. The van der Waals surface area contributed by atoms with Crippen LogP contribution in [0.15, 0.2) is 36.7 Å². The van der Waals surface area contributed by atoms with Crippen LogP contribution in [-0.2, 0) is 16.3 Å². The predicted octanol–water partition coefficient (Wildman–Crippen LogP) is 3.50. The number of ether oxygens (including phenoxy) is 2. The van der Waals surface area contributed by atoms with Crippen molar-refractivity contribution in [3.05, 3.63) is 58.6 Å². The van der Waals surface area contributed by atoms with Gasteiger partial charge in [0.15, 0.2) is 12.4 Å². The summed E-state index contributed by atoms with van der Waals surface area (Å²) >= 11 is 6.17. The average Bonchev–Trinajstić information content (AvgIpc) is 3.55.